The predicted molar refractivity (Wildman–Crippen MR) is 156 cm³/mol. The zero-order chi connectivity index (χ0) is 28.2. The summed E-state index contributed by atoms with van der Waals surface area (Å²) in [4.78, 5) is 29.5. The number of esters is 1. The Labute approximate surface area is 234 Å². The summed E-state index contributed by atoms with van der Waals surface area (Å²) >= 11 is 0. The van der Waals surface area contributed by atoms with Crippen LogP contribution in [0.3, 0.4) is 0 Å². The van der Waals surface area contributed by atoms with Gasteiger partial charge in [-0.1, -0.05) is 37.6 Å². The van der Waals surface area contributed by atoms with Gasteiger partial charge in [-0.05, 0) is 82.0 Å². The Balaban J connectivity index is 1.73. The molecular weight excluding hydrogens is 490 g/mol. The number of nitrogens with one attached hydrogen (secondary N) is 1. The number of benzene rings is 2. The lowest BCUT2D eigenvalue weighted by molar-refractivity contribution is -0.143. The summed E-state index contributed by atoms with van der Waals surface area (Å²) < 4.78 is 10.5. The Kier molecular flexibility index (Phi) is 12.3. The van der Waals surface area contributed by atoms with E-state index < -0.39 is 0 Å². The van der Waals surface area contributed by atoms with Gasteiger partial charge in [-0.25, -0.2) is 0 Å². The molecule has 0 saturated carbocycles. The molecule has 1 heterocycles. The maximum Gasteiger partial charge on any atom is 0.305 e. The Morgan fingerprint density at radius 2 is 1.74 bits per heavy atom. The molecule has 3 rings (SSSR count). The molecule has 214 valence electrons. The van der Waals surface area contributed by atoms with Crippen LogP contribution in [0.1, 0.15) is 87.3 Å². The fraction of sp³-hybridized carbons (Fsp3) is 0.562. The minimum absolute atomic E-state index is 0.0610. The number of unbranched alkanes of at least 4 members (excludes halogenated alkanes) is 2. The van der Waals surface area contributed by atoms with E-state index in [-0.39, 0.29) is 17.9 Å². The van der Waals surface area contributed by atoms with E-state index in [1.54, 1.807) is 14.0 Å². The first-order chi connectivity index (χ1) is 18.9. The summed E-state index contributed by atoms with van der Waals surface area (Å²) in [6.07, 6.45) is 4.25. The van der Waals surface area contributed by atoms with Gasteiger partial charge < -0.3 is 14.8 Å². The van der Waals surface area contributed by atoms with Gasteiger partial charge in [-0.15, -0.1) is 0 Å². The van der Waals surface area contributed by atoms with Crippen LogP contribution >= 0.6 is 0 Å². The summed E-state index contributed by atoms with van der Waals surface area (Å²) in [5, 5.41) is 2.97. The van der Waals surface area contributed by atoms with E-state index in [1.165, 1.54) is 18.4 Å². The van der Waals surface area contributed by atoms with Gasteiger partial charge in [0.05, 0.1) is 19.8 Å². The van der Waals surface area contributed by atoms with Gasteiger partial charge >= 0.3 is 5.97 Å². The third-order valence-corrected chi connectivity index (χ3v) is 7.59. The van der Waals surface area contributed by atoms with Crippen molar-refractivity contribution < 1.29 is 19.1 Å². The van der Waals surface area contributed by atoms with Crippen molar-refractivity contribution in [2.75, 3.05) is 39.9 Å². The van der Waals surface area contributed by atoms with E-state index in [0.717, 1.165) is 37.4 Å². The van der Waals surface area contributed by atoms with Crippen LogP contribution in [0, 0.1) is 0 Å². The minimum Gasteiger partial charge on any atom is -0.497 e. The molecule has 1 N–H and O–H groups in total. The van der Waals surface area contributed by atoms with Crippen LogP contribution in [0.2, 0.25) is 0 Å². The van der Waals surface area contributed by atoms with Crippen LogP contribution < -0.4 is 10.1 Å². The number of piperazine rings is 1. The zero-order valence-electron chi connectivity index (χ0n) is 24.4. The number of nitrogens with zero attached hydrogens (tertiary/aromatic N) is 2. The molecule has 2 aromatic carbocycles. The Morgan fingerprint density at radius 1 is 0.974 bits per heavy atom. The van der Waals surface area contributed by atoms with Crippen LogP contribution in [0.4, 0.5) is 0 Å². The molecule has 1 fully saturated rings. The monoisotopic (exact) mass is 537 g/mol. The maximum absolute atomic E-state index is 12.8. The number of hydrogen-bond donors (Lipinski definition) is 1. The van der Waals surface area contributed by atoms with Gasteiger partial charge in [-0.3, -0.25) is 19.4 Å². The first-order valence-corrected chi connectivity index (χ1v) is 14.5. The number of hydrogen-bond acceptors (Lipinski definition) is 6. The van der Waals surface area contributed by atoms with Gasteiger partial charge in [0.1, 0.15) is 5.75 Å². The number of ether oxygens (including phenoxy) is 2. The molecule has 39 heavy (non-hydrogen) atoms. The van der Waals surface area contributed by atoms with Gasteiger partial charge in [-0.2, -0.15) is 0 Å². The molecule has 0 radical (unpaired) electrons. The Hall–Kier alpha value is -2.90. The standard InChI is InChI=1S/C32H47N3O4/c1-6-8-20-34-22-25(4)35(23-24(34)3)31(28-12-11-13-29(21-28)38-5)26-15-17-27(18-16-26)32(37)33-19-10-9-14-30(36)39-7-2/h11-13,15-18,21,24-25,31H,6-10,14,19-20,22-23H2,1-5H3,(H,33,37)/t24-,25-,31?/m1/s1. The number of carbonyl (C=O) groups excluding carboxylic acids is 2. The summed E-state index contributed by atoms with van der Waals surface area (Å²) in [5.74, 6) is 0.567. The summed E-state index contributed by atoms with van der Waals surface area (Å²) in [6, 6.07) is 17.2. The van der Waals surface area contributed by atoms with Crippen LogP contribution in [-0.4, -0.2) is 73.7 Å². The number of methoxy groups -OCH3 is 1. The Morgan fingerprint density at radius 3 is 2.44 bits per heavy atom. The van der Waals surface area contributed by atoms with Crippen molar-refractivity contribution in [1.29, 1.82) is 0 Å². The van der Waals surface area contributed by atoms with Crippen molar-refractivity contribution in [3.63, 3.8) is 0 Å². The topological polar surface area (TPSA) is 71.1 Å². The van der Waals surface area contributed by atoms with Crippen LogP contribution in [0.5, 0.6) is 5.75 Å². The summed E-state index contributed by atoms with van der Waals surface area (Å²) in [7, 11) is 1.70. The fourth-order valence-corrected chi connectivity index (χ4v) is 5.39. The van der Waals surface area contributed by atoms with Gasteiger partial charge in [0.25, 0.3) is 5.91 Å². The molecule has 1 saturated heterocycles. The molecule has 1 aliphatic heterocycles. The molecule has 2 aromatic rings. The molecule has 1 aliphatic rings. The highest BCUT2D eigenvalue weighted by Gasteiger charge is 2.34. The summed E-state index contributed by atoms with van der Waals surface area (Å²) in [6.45, 7) is 12.8. The van der Waals surface area contributed by atoms with Crippen molar-refractivity contribution in [1.82, 2.24) is 15.1 Å². The van der Waals surface area contributed by atoms with Gasteiger partial charge in [0.2, 0.25) is 0 Å². The van der Waals surface area contributed by atoms with Crippen LogP contribution in [-0.2, 0) is 9.53 Å². The first kappa shape index (κ1) is 30.6. The highest BCUT2D eigenvalue weighted by Crippen LogP contribution is 2.35. The summed E-state index contributed by atoms with van der Waals surface area (Å²) in [5.41, 5.74) is 2.99. The fourth-order valence-electron chi connectivity index (χ4n) is 5.39. The largest absolute Gasteiger partial charge is 0.497 e. The highest BCUT2D eigenvalue weighted by molar-refractivity contribution is 5.94. The average Bonchev–Trinajstić information content (AvgIpc) is 2.94. The van der Waals surface area contributed by atoms with E-state index in [2.05, 4.69) is 66.2 Å². The maximum atomic E-state index is 12.8. The van der Waals surface area contributed by atoms with Gasteiger partial charge in [0.15, 0.2) is 0 Å². The van der Waals surface area contributed by atoms with Crippen molar-refractivity contribution in [3.8, 4) is 5.75 Å². The van der Waals surface area contributed by atoms with E-state index in [4.69, 9.17) is 9.47 Å². The normalized spacial score (nSPS) is 18.9. The molecule has 1 amide bonds. The number of amides is 1. The molecule has 0 bridgehead atoms. The Bertz CT molecular complexity index is 1040. The quantitative estimate of drug-likeness (QED) is 0.256. The lowest BCUT2D eigenvalue weighted by atomic mass is 9.92. The average molecular weight is 538 g/mol. The molecule has 0 aromatic heterocycles. The lowest BCUT2D eigenvalue weighted by Gasteiger charge is -2.47. The van der Waals surface area contributed by atoms with Gasteiger partial charge in [0, 0.05) is 43.7 Å². The third kappa shape index (κ3) is 8.80. The first-order valence-electron chi connectivity index (χ1n) is 14.5. The predicted octanol–water partition coefficient (Wildman–Crippen LogP) is 5.44. The van der Waals surface area contributed by atoms with Crippen molar-refractivity contribution >= 4 is 11.9 Å². The molecular formula is C32H47N3O4. The van der Waals surface area contributed by atoms with E-state index in [9.17, 15) is 9.59 Å². The van der Waals surface area contributed by atoms with Crippen LogP contribution in [0.15, 0.2) is 48.5 Å². The number of carbonyl (C=O) groups is 2. The molecule has 7 nitrogen and oxygen atoms in total. The SMILES string of the molecule is CCCCN1C[C@@H](C)N(C(c2ccc(C(=O)NCCCCC(=O)OCC)cc2)c2cccc(OC)c2)C[C@H]1C. The van der Waals surface area contributed by atoms with E-state index in [1.807, 2.05) is 18.2 Å². The minimum atomic E-state index is -0.184. The second-order valence-electron chi connectivity index (χ2n) is 10.6. The highest BCUT2D eigenvalue weighted by atomic mass is 16.5. The third-order valence-electron chi connectivity index (χ3n) is 7.59. The van der Waals surface area contributed by atoms with E-state index >= 15 is 0 Å². The smallest absolute Gasteiger partial charge is 0.305 e. The molecule has 3 atom stereocenters. The van der Waals surface area contributed by atoms with E-state index in [0.29, 0.717) is 43.6 Å². The second-order valence-corrected chi connectivity index (χ2v) is 10.6. The number of rotatable bonds is 14. The lowest BCUT2D eigenvalue weighted by Crippen LogP contribution is -2.57. The molecule has 0 spiro atoms. The second kappa shape index (κ2) is 15.6. The van der Waals surface area contributed by atoms with Crippen LogP contribution in [0.25, 0.3) is 0 Å². The molecule has 0 aliphatic carbocycles. The molecule has 7 heteroatoms. The molecule has 1 unspecified atom stereocenters. The zero-order valence-corrected chi connectivity index (χ0v) is 24.4. The van der Waals surface area contributed by atoms with Crippen molar-refractivity contribution in [2.24, 2.45) is 0 Å². The van der Waals surface area contributed by atoms with Crippen molar-refractivity contribution in [3.05, 3.63) is 65.2 Å². The van der Waals surface area contributed by atoms with Crippen molar-refractivity contribution in [2.45, 2.75) is 77.9 Å².